The van der Waals surface area contributed by atoms with Crippen LogP contribution in [0.15, 0.2) is 24.3 Å². The molecule has 0 aliphatic carbocycles. The lowest BCUT2D eigenvalue weighted by Crippen LogP contribution is -2.43. The fraction of sp³-hybridized carbons (Fsp3) is 0.364. The van der Waals surface area contributed by atoms with Crippen molar-refractivity contribution in [2.24, 2.45) is 0 Å². The van der Waals surface area contributed by atoms with Crippen molar-refractivity contribution in [2.45, 2.75) is 12.6 Å². The molecule has 0 spiro atoms. The highest BCUT2D eigenvalue weighted by molar-refractivity contribution is 5.71. The molecule has 1 amide bonds. The summed E-state index contributed by atoms with van der Waals surface area (Å²) in [7, 11) is 0. The highest BCUT2D eigenvalue weighted by atomic mass is 19.4. The first kappa shape index (κ1) is 11.8. The molecule has 1 aliphatic rings. The van der Waals surface area contributed by atoms with E-state index in [9.17, 15) is 18.0 Å². The summed E-state index contributed by atoms with van der Waals surface area (Å²) < 4.78 is 41.7. The van der Waals surface area contributed by atoms with Crippen LogP contribution in [-0.2, 0) is 6.18 Å². The van der Waals surface area contributed by atoms with E-state index in [4.69, 9.17) is 4.74 Å². The summed E-state index contributed by atoms with van der Waals surface area (Å²) in [6, 6.07) is 4.05. The predicted molar refractivity (Wildman–Crippen MR) is 53.7 cm³/mol. The van der Waals surface area contributed by atoms with Crippen molar-refractivity contribution in [3.8, 4) is 5.75 Å². The lowest BCUT2D eigenvalue weighted by Gasteiger charge is -2.29. The first-order chi connectivity index (χ1) is 7.97. The number of hydrogen-bond acceptors (Lipinski definition) is 2. The molecule has 6 heteroatoms. The standard InChI is InChI=1S/C11H10F3NO2/c12-11(13,14)8-2-4-9(5-3-8)17-10(16)15-6-1-7-15/h2-5H,1,6-7H2. The Morgan fingerprint density at radius 2 is 1.76 bits per heavy atom. The van der Waals surface area contributed by atoms with Crippen LogP contribution >= 0.6 is 0 Å². The van der Waals surface area contributed by atoms with Gasteiger partial charge in [-0.05, 0) is 30.7 Å². The molecule has 0 radical (unpaired) electrons. The Hall–Kier alpha value is -1.72. The second kappa shape index (κ2) is 4.27. The molecule has 1 heterocycles. The molecular formula is C11H10F3NO2. The molecule has 0 bridgehead atoms. The Balaban J connectivity index is 2.00. The molecule has 17 heavy (non-hydrogen) atoms. The Kier molecular flexibility index (Phi) is 2.95. The van der Waals surface area contributed by atoms with Gasteiger partial charge in [0.25, 0.3) is 0 Å². The van der Waals surface area contributed by atoms with Crippen LogP contribution in [-0.4, -0.2) is 24.1 Å². The third-order valence-corrected chi connectivity index (χ3v) is 2.50. The molecular weight excluding hydrogens is 235 g/mol. The molecule has 0 N–H and O–H groups in total. The summed E-state index contributed by atoms with van der Waals surface area (Å²) in [5.74, 6) is 0.120. The van der Waals surface area contributed by atoms with Gasteiger partial charge in [0.05, 0.1) is 5.56 Å². The van der Waals surface area contributed by atoms with Crippen LogP contribution in [0.4, 0.5) is 18.0 Å². The number of carbonyl (C=O) groups is 1. The van der Waals surface area contributed by atoms with Crippen molar-refractivity contribution in [1.29, 1.82) is 0 Å². The number of likely N-dealkylation sites (tertiary alicyclic amines) is 1. The Morgan fingerprint density at radius 3 is 2.18 bits per heavy atom. The fourth-order valence-corrected chi connectivity index (χ4v) is 1.38. The van der Waals surface area contributed by atoms with Crippen LogP contribution in [0.25, 0.3) is 0 Å². The number of benzene rings is 1. The highest BCUT2D eigenvalue weighted by Crippen LogP contribution is 2.30. The smallest absolute Gasteiger partial charge is 0.410 e. The van der Waals surface area contributed by atoms with Crippen LogP contribution in [0.3, 0.4) is 0 Å². The van der Waals surface area contributed by atoms with Gasteiger partial charge < -0.3 is 9.64 Å². The third kappa shape index (κ3) is 2.69. The van der Waals surface area contributed by atoms with E-state index in [-0.39, 0.29) is 5.75 Å². The van der Waals surface area contributed by atoms with Crippen LogP contribution < -0.4 is 4.74 Å². The van der Waals surface area contributed by atoms with E-state index in [0.29, 0.717) is 13.1 Å². The van der Waals surface area contributed by atoms with E-state index in [1.54, 1.807) is 0 Å². The van der Waals surface area contributed by atoms with E-state index < -0.39 is 17.8 Å². The molecule has 1 fully saturated rings. The predicted octanol–water partition coefficient (Wildman–Crippen LogP) is 2.91. The Bertz CT molecular complexity index is 410. The van der Waals surface area contributed by atoms with E-state index in [2.05, 4.69) is 0 Å². The zero-order chi connectivity index (χ0) is 12.5. The molecule has 92 valence electrons. The van der Waals surface area contributed by atoms with Crippen molar-refractivity contribution in [3.63, 3.8) is 0 Å². The third-order valence-electron chi connectivity index (χ3n) is 2.50. The Labute approximate surface area is 95.8 Å². The molecule has 1 aromatic carbocycles. The van der Waals surface area contributed by atoms with E-state index in [0.717, 1.165) is 30.7 Å². The number of nitrogens with zero attached hydrogens (tertiary/aromatic N) is 1. The monoisotopic (exact) mass is 245 g/mol. The maximum atomic E-state index is 12.3. The largest absolute Gasteiger partial charge is 0.416 e. The summed E-state index contributed by atoms with van der Waals surface area (Å²) >= 11 is 0. The quantitative estimate of drug-likeness (QED) is 0.761. The van der Waals surface area contributed by atoms with E-state index in [1.807, 2.05) is 0 Å². The number of alkyl halides is 3. The number of carbonyl (C=O) groups excluding carboxylic acids is 1. The van der Waals surface area contributed by atoms with E-state index >= 15 is 0 Å². The molecule has 1 aliphatic heterocycles. The van der Waals surface area contributed by atoms with Gasteiger partial charge in [0, 0.05) is 13.1 Å². The maximum absolute atomic E-state index is 12.3. The average Bonchev–Trinajstić information content (AvgIpc) is 2.13. The molecule has 0 atom stereocenters. The second-order valence-corrected chi connectivity index (χ2v) is 3.73. The summed E-state index contributed by atoms with van der Waals surface area (Å²) in [6.45, 7) is 1.28. The van der Waals surface area contributed by atoms with Crippen LogP contribution in [0.2, 0.25) is 0 Å². The van der Waals surface area contributed by atoms with Crippen molar-refractivity contribution >= 4 is 6.09 Å². The van der Waals surface area contributed by atoms with Gasteiger partial charge in [-0.15, -0.1) is 0 Å². The van der Waals surface area contributed by atoms with Crippen molar-refractivity contribution in [2.75, 3.05) is 13.1 Å². The van der Waals surface area contributed by atoms with Gasteiger partial charge in [-0.2, -0.15) is 13.2 Å². The number of rotatable bonds is 1. The van der Waals surface area contributed by atoms with Gasteiger partial charge in [0.1, 0.15) is 5.75 Å². The average molecular weight is 245 g/mol. The first-order valence-electron chi connectivity index (χ1n) is 5.11. The SMILES string of the molecule is O=C(Oc1ccc(C(F)(F)F)cc1)N1CCC1. The molecule has 0 unspecified atom stereocenters. The van der Waals surface area contributed by atoms with Gasteiger partial charge in [0.15, 0.2) is 0 Å². The maximum Gasteiger partial charge on any atom is 0.416 e. The number of ether oxygens (including phenoxy) is 1. The van der Waals surface area contributed by atoms with Gasteiger partial charge in [0.2, 0.25) is 0 Å². The lowest BCUT2D eigenvalue weighted by atomic mass is 10.2. The summed E-state index contributed by atoms with van der Waals surface area (Å²) in [4.78, 5) is 12.8. The van der Waals surface area contributed by atoms with Gasteiger partial charge >= 0.3 is 12.3 Å². The van der Waals surface area contributed by atoms with Gasteiger partial charge in [-0.3, -0.25) is 0 Å². The van der Waals surface area contributed by atoms with Crippen LogP contribution in [0, 0.1) is 0 Å². The first-order valence-corrected chi connectivity index (χ1v) is 5.11. The van der Waals surface area contributed by atoms with Crippen molar-refractivity contribution < 1.29 is 22.7 Å². The lowest BCUT2D eigenvalue weighted by molar-refractivity contribution is -0.137. The van der Waals surface area contributed by atoms with Gasteiger partial charge in [-0.1, -0.05) is 0 Å². The molecule has 0 saturated carbocycles. The van der Waals surface area contributed by atoms with E-state index in [1.165, 1.54) is 4.90 Å². The zero-order valence-corrected chi connectivity index (χ0v) is 8.83. The molecule has 2 rings (SSSR count). The highest BCUT2D eigenvalue weighted by Gasteiger charge is 2.30. The summed E-state index contributed by atoms with van der Waals surface area (Å²) in [5.41, 5.74) is -0.763. The summed E-state index contributed by atoms with van der Waals surface area (Å²) in [6.07, 6.45) is -3.96. The minimum atomic E-state index is -4.37. The van der Waals surface area contributed by atoms with Crippen LogP contribution in [0.1, 0.15) is 12.0 Å². The summed E-state index contributed by atoms with van der Waals surface area (Å²) in [5, 5.41) is 0. The van der Waals surface area contributed by atoms with Crippen molar-refractivity contribution in [1.82, 2.24) is 4.90 Å². The number of halogens is 3. The zero-order valence-electron chi connectivity index (χ0n) is 8.83. The van der Waals surface area contributed by atoms with Crippen molar-refractivity contribution in [3.05, 3.63) is 29.8 Å². The Morgan fingerprint density at radius 1 is 1.18 bits per heavy atom. The minimum Gasteiger partial charge on any atom is -0.410 e. The molecule has 3 nitrogen and oxygen atoms in total. The van der Waals surface area contributed by atoms with Gasteiger partial charge in [-0.25, -0.2) is 4.79 Å². The fourth-order valence-electron chi connectivity index (χ4n) is 1.38. The number of hydrogen-bond donors (Lipinski definition) is 0. The molecule has 1 saturated heterocycles. The number of amides is 1. The molecule has 0 aromatic heterocycles. The normalized spacial score (nSPS) is 15.4. The minimum absolute atomic E-state index is 0.120. The molecule has 1 aromatic rings. The second-order valence-electron chi connectivity index (χ2n) is 3.73. The topological polar surface area (TPSA) is 29.5 Å². The van der Waals surface area contributed by atoms with Crippen LogP contribution in [0.5, 0.6) is 5.75 Å².